The van der Waals surface area contributed by atoms with Gasteiger partial charge in [0.15, 0.2) is 12.4 Å². The number of hydrogen-bond donors (Lipinski definition) is 6. The lowest BCUT2D eigenvalue weighted by atomic mass is 9.99. The zero-order valence-electron chi connectivity index (χ0n) is 44.4. The van der Waals surface area contributed by atoms with Gasteiger partial charge in [0.2, 0.25) is 5.91 Å². The first-order valence-electron chi connectivity index (χ1n) is 28.3. The van der Waals surface area contributed by atoms with Gasteiger partial charge in [0.25, 0.3) is 0 Å². The summed E-state index contributed by atoms with van der Waals surface area (Å²) < 4.78 is 17.5. The Morgan fingerprint density at radius 2 is 1.03 bits per heavy atom. The quantitative estimate of drug-likeness (QED) is 0.0149. The molecule has 0 aliphatic carbocycles. The van der Waals surface area contributed by atoms with E-state index in [0.29, 0.717) is 12.8 Å². The molecule has 1 amide bonds. The smallest absolute Gasteiger partial charge is 0.306 e. The van der Waals surface area contributed by atoms with E-state index in [9.17, 15) is 35.1 Å². The van der Waals surface area contributed by atoms with E-state index >= 15 is 0 Å². The molecule has 8 atom stereocenters. The normalized spacial score (nSPS) is 20.3. The number of allylic oxidation sites excluding steroid dienone is 11. The Kier molecular flexibility index (Phi) is 43.8. The minimum atomic E-state index is -1.62. The van der Waals surface area contributed by atoms with Gasteiger partial charge < -0.3 is 45.1 Å². The molecule has 11 heteroatoms. The number of ether oxygens (including phenoxy) is 3. The summed E-state index contributed by atoms with van der Waals surface area (Å²) in [6, 6.07) is -1.03. The molecule has 1 saturated heterocycles. The van der Waals surface area contributed by atoms with Crippen molar-refractivity contribution in [2.45, 2.75) is 275 Å². The van der Waals surface area contributed by atoms with Crippen LogP contribution in [-0.4, -0.2) is 99.6 Å². The lowest BCUT2D eigenvalue weighted by Crippen LogP contribution is -2.61. The number of unbranched alkanes of at least 4 members (excludes halogenated alkanes) is 25. The molecule has 0 radical (unpaired) electrons. The van der Waals surface area contributed by atoms with E-state index in [1.54, 1.807) is 6.08 Å². The van der Waals surface area contributed by atoms with Crippen molar-refractivity contribution in [3.05, 3.63) is 72.9 Å². The maximum absolute atomic E-state index is 13.4. The number of carbonyl (C=O) groups is 2. The summed E-state index contributed by atoms with van der Waals surface area (Å²) in [6.45, 7) is 5.59. The molecule has 0 aromatic carbocycles. The second-order valence-electron chi connectivity index (χ2n) is 19.4. The van der Waals surface area contributed by atoms with Crippen molar-refractivity contribution in [3.8, 4) is 0 Å². The summed E-state index contributed by atoms with van der Waals surface area (Å²) in [5.41, 5.74) is 0. The summed E-state index contributed by atoms with van der Waals surface area (Å²) >= 11 is 0. The highest BCUT2D eigenvalue weighted by Crippen LogP contribution is 2.26. The van der Waals surface area contributed by atoms with Crippen LogP contribution in [0.4, 0.5) is 0 Å². The summed E-state index contributed by atoms with van der Waals surface area (Å²) in [5, 5.41) is 56.7. The molecule has 404 valence electrons. The van der Waals surface area contributed by atoms with E-state index in [1.807, 2.05) is 12.2 Å². The van der Waals surface area contributed by atoms with Crippen molar-refractivity contribution >= 4 is 11.9 Å². The fourth-order valence-corrected chi connectivity index (χ4v) is 8.41. The number of amides is 1. The van der Waals surface area contributed by atoms with Crippen LogP contribution in [-0.2, 0) is 23.8 Å². The highest BCUT2D eigenvalue weighted by Gasteiger charge is 2.47. The number of rotatable bonds is 46. The average Bonchev–Trinajstić information content (AvgIpc) is 3.36. The predicted molar refractivity (Wildman–Crippen MR) is 287 cm³/mol. The van der Waals surface area contributed by atoms with Crippen LogP contribution < -0.4 is 5.32 Å². The maximum atomic E-state index is 13.4. The zero-order chi connectivity index (χ0) is 51.1. The molecule has 0 aromatic rings. The van der Waals surface area contributed by atoms with Gasteiger partial charge >= 0.3 is 5.97 Å². The highest BCUT2D eigenvalue weighted by molar-refractivity contribution is 5.80. The third kappa shape index (κ3) is 35.3. The van der Waals surface area contributed by atoms with Crippen LogP contribution in [0.1, 0.15) is 226 Å². The van der Waals surface area contributed by atoms with E-state index in [-0.39, 0.29) is 19.4 Å². The fraction of sp³-hybridized carbons (Fsp3) is 0.763. The minimum Gasteiger partial charge on any atom is -0.454 e. The second-order valence-corrected chi connectivity index (χ2v) is 19.4. The molecule has 1 aliphatic heterocycles. The molecule has 0 spiro atoms. The van der Waals surface area contributed by atoms with E-state index in [2.05, 4.69) is 80.8 Å². The van der Waals surface area contributed by atoms with Crippen molar-refractivity contribution in [2.24, 2.45) is 0 Å². The average molecular weight is 986 g/mol. The summed E-state index contributed by atoms with van der Waals surface area (Å²) in [4.78, 5) is 26.4. The third-order valence-electron chi connectivity index (χ3n) is 12.9. The molecule has 11 nitrogen and oxygen atoms in total. The highest BCUT2D eigenvalue weighted by atomic mass is 16.7. The van der Waals surface area contributed by atoms with E-state index < -0.39 is 67.4 Å². The molecule has 0 bridgehead atoms. The maximum Gasteiger partial charge on any atom is 0.306 e. The SMILES string of the molecule is CC/C=C/C=C/C=C/CCCCCCCCCC(=O)OC1C(OCC(NC(=O)C(O)CCCCCCC/C=C/C=C/CCCCC)C(O)/C=C/CCCCCCCCCCCC)OC(CO)C(O)C1O. The van der Waals surface area contributed by atoms with Gasteiger partial charge in [-0.3, -0.25) is 9.59 Å². The second kappa shape index (κ2) is 47.1. The van der Waals surface area contributed by atoms with Gasteiger partial charge in [0.1, 0.15) is 24.4 Å². The molecule has 70 heavy (non-hydrogen) atoms. The van der Waals surface area contributed by atoms with Crippen LogP contribution in [0.2, 0.25) is 0 Å². The standard InChI is InChI=1S/C59H103NO10/c1-4-7-10-13-16-19-22-25-27-29-32-35-38-41-44-47-54(64)70-57-56(66)55(65)53(48-61)69-59(57)68-49-50(51(62)45-42-39-36-33-30-24-21-18-15-12-9-6-3)60-58(67)52(63)46-43-40-37-34-31-28-26-23-20-17-14-11-8-5-2/h7,10,13,16-17,19-20,22-23,26,42,45,50-53,55-57,59,61-63,65-66H,4-6,8-9,11-12,14-15,18,21,24-25,27-41,43-44,46-49H2,1-3H3,(H,60,67)/b10-7+,16-13+,20-17+,22-19+,26-23+,45-42+. The molecule has 0 saturated carbocycles. The third-order valence-corrected chi connectivity index (χ3v) is 12.9. The van der Waals surface area contributed by atoms with Crippen molar-refractivity contribution in [2.75, 3.05) is 13.2 Å². The van der Waals surface area contributed by atoms with Gasteiger partial charge in [-0.2, -0.15) is 0 Å². The van der Waals surface area contributed by atoms with Gasteiger partial charge in [-0.25, -0.2) is 0 Å². The van der Waals surface area contributed by atoms with Gasteiger partial charge in [0, 0.05) is 6.42 Å². The lowest BCUT2D eigenvalue weighted by Gasteiger charge is -2.41. The van der Waals surface area contributed by atoms with Crippen LogP contribution in [0.3, 0.4) is 0 Å². The molecule has 1 fully saturated rings. The Morgan fingerprint density at radius 3 is 1.57 bits per heavy atom. The molecular weight excluding hydrogens is 883 g/mol. The molecule has 8 unspecified atom stereocenters. The fourth-order valence-electron chi connectivity index (χ4n) is 8.41. The minimum absolute atomic E-state index is 0.106. The monoisotopic (exact) mass is 986 g/mol. The van der Waals surface area contributed by atoms with Crippen molar-refractivity contribution in [1.29, 1.82) is 0 Å². The van der Waals surface area contributed by atoms with E-state index in [1.165, 1.54) is 70.6 Å². The molecular formula is C59H103NO10. The van der Waals surface area contributed by atoms with Crippen LogP contribution in [0.5, 0.6) is 0 Å². The van der Waals surface area contributed by atoms with Crippen LogP contribution in [0, 0.1) is 0 Å². The Bertz CT molecular complexity index is 1410. The summed E-state index contributed by atoms with van der Waals surface area (Å²) in [7, 11) is 0. The number of aliphatic hydroxyl groups excluding tert-OH is 5. The first-order chi connectivity index (χ1) is 34.2. The number of carbonyl (C=O) groups excluding carboxylic acids is 2. The van der Waals surface area contributed by atoms with E-state index in [0.717, 1.165) is 109 Å². The molecule has 1 rings (SSSR count). The summed E-state index contributed by atoms with van der Waals surface area (Å²) in [5.74, 6) is -1.22. The molecule has 1 aliphatic rings. The van der Waals surface area contributed by atoms with Crippen molar-refractivity contribution in [1.82, 2.24) is 5.32 Å². The summed E-state index contributed by atoms with van der Waals surface area (Å²) in [6.07, 6.45) is 48.0. The molecule has 0 aromatic heterocycles. The van der Waals surface area contributed by atoms with Gasteiger partial charge in [0.05, 0.1) is 25.4 Å². The van der Waals surface area contributed by atoms with Crippen LogP contribution in [0.25, 0.3) is 0 Å². The Labute approximate surface area is 426 Å². The first kappa shape index (κ1) is 65.1. The van der Waals surface area contributed by atoms with Gasteiger partial charge in [-0.05, 0) is 70.6 Å². The van der Waals surface area contributed by atoms with Crippen molar-refractivity contribution in [3.63, 3.8) is 0 Å². The zero-order valence-corrected chi connectivity index (χ0v) is 44.4. The topological polar surface area (TPSA) is 175 Å². The Morgan fingerprint density at radius 1 is 0.571 bits per heavy atom. The van der Waals surface area contributed by atoms with Gasteiger partial charge in [-0.1, -0.05) is 222 Å². The van der Waals surface area contributed by atoms with Crippen molar-refractivity contribution < 1.29 is 49.3 Å². The number of esters is 1. The Balaban J connectivity index is 2.76. The van der Waals surface area contributed by atoms with Crippen LogP contribution in [0.15, 0.2) is 72.9 Å². The first-order valence-corrected chi connectivity index (χ1v) is 28.3. The predicted octanol–water partition coefficient (Wildman–Crippen LogP) is 12.4. The number of aliphatic hydroxyl groups is 5. The van der Waals surface area contributed by atoms with Gasteiger partial charge in [-0.15, -0.1) is 0 Å². The molecule has 6 N–H and O–H groups in total. The molecule has 1 heterocycles. The van der Waals surface area contributed by atoms with E-state index in [4.69, 9.17) is 14.2 Å². The number of hydrogen-bond acceptors (Lipinski definition) is 10. The number of nitrogens with one attached hydrogen (secondary N) is 1. The van der Waals surface area contributed by atoms with Crippen LogP contribution >= 0.6 is 0 Å². The lowest BCUT2D eigenvalue weighted by molar-refractivity contribution is -0.305. The largest absolute Gasteiger partial charge is 0.454 e. The Hall–Kier alpha value is -2.90.